The normalized spacial score (nSPS) is 18.5. The Morgan fingerprint density at radius 2 is 2.18 bits per heavy atom. The summed E-state index contributed by atoms with van der Waals surface area (Å²) in [5.74, 6) is 1.88. The van der Waals surface area contributed by atoms with Crippen molar-refractivity contribution in [3.05, 3.63) is 23.3 Å². The highest BCUT2D eigenvalue weighted by atomic mass is 35.5. The van der Waals surface area contributed by atoms with E-state index in [0.29, 0.717) is 0 Å². The Morgan fingerprint density at radius 1 is 1.47 bits per heavy atom. The molecule has 1 unspecified atom stereocenters. The third-order valence-corrected chi connectivity index (χ3v) is 4.85. The van der Waals surface area contributed by atoms with Crippen LogP contribution in [0.25, 0.3) is 0 Å². The van der Waals surface area contributed by atoms with Gasteiger partial charge in [-0.1, -0.05) is 12.8 Å². The second kappa shape index (κ2) is 6.05. The molecule has 1 aromatic rings. The summed E-state index contributed by atoms with van der Waals surface area (Å²) in [6, 6.07) is 0. The van der Waals surface area contributed by atoms with Crippen LogP contribution in [0.3, 0.4) is 0 Å². The molecule has 2 nitrogen and oxygen atoms in total. The second-order valence-corrected chi connectivity index (χ2v) is 6.60. The maximum absolute atomic E-state index is 6.06. The van der Waals surface area contributed by atoms with Gasteiger partial charge < -0.3 is 0 Å². The van der Waals surface area contributed by atoms with Crippen LogP contribution in [0, 0.1) is 6.92 Å². The van der Waals surface area contributed by atoms with Crippen LogP contribution in [0.15, 0.2) is 6.20 Å². The molecule has 0 spiro atoms. The van der Waals surface area contributed by atoms with Crippen LogP contribution in [0.5, 0.6) is 0 Å². The molecule has 1 fully saturated rings. The van der Waals surface area contributed by atoms with Crippen LogP contribution in [0.1, 0.15) is 55.1 Å². The lowest BCUT2D eigenvalue weighted by atomic mass is 10.2. The van der Waals surface area contributed by atoms with E-state index in [0.717, 1.165) is 28.1 Å². The first-order valence-corrected chi connectivity index (χ1v) is 7.73. The number of aryl methyl sites for hydroxylation is 1. The Kier molecular flexibility index (Phi) is 4.69. The Bertz CT molecular complexity index is 376. The van der Waals surface area contributed by atoms with Gasteiger partial charge in [-0.15, -0.1) is 11.6 Å². The molecule has 2 rings (SSSR count). The van der Waals surface area contributed by atoms with Gasteiger partial charge in [0.25, 0.3) is 0 Å². The average Bonchev–Trinajstić information content (AvgIpc) is 2.78. The minimum Gasteiger partial charge on any atom is -0.240 e. The van der Waals surface area contributed by atoms with Crippen LogP contribution in [-0.4, -0.2) is 15.2 Å². The van der Waals surface area contributed by atoms with Gasteiger partial charge in [0.2, 0.25) is 0 Å². The summed E-state index contributed by atoms with van der Waals surface area (Å²) in [5.41, 5.74) is 2.06. The molecule has 1 aliphatic rings. The largest absolute Gasteiger partial charge is 0.240 e. The van der Waals surface area contributed by atoms with Crippen molar-refractivity contribution >= 4 is 23.4 Å². The van der Waals surface area contributed by atoms with Crippen molar-refractivity contribution in [2.75, 3.05) is 0 Å². The topological polar surface area (TPSA) is 25.8 Å². The number of hydrogen-bond donors (Lipinski definition) is 0. The number of thioether (sulfide) groups is 1. The summed E-state index contributed by atoms with van der Waals surface area (Å²) >= 11 is 8.06. The third-order valence-electron chi connectivity index (χ3n) is 3.25. The molecular weight excluding hydrogens is 252 g/mol. The summed E-state index contributed by atoms with van der Waals surface area (Å²) in [7, 11) is 0. The van der Waals surface area contributed by atoms with Gasteiger partial charge in [-0.05, 0) is 26.7 Å². The predicted octanol–water partition coefficient (Wildman–Crippen LogP) is 4.26. The van der Waals surface area contributed by atoms with Gasteiger partial charge in [-0.25, -0.2) is 9.97 Å². The van der Waals surface area contributed by atoms with E-state index in [2.05, 4.69) is 9.97 Å². The first-order valence-electron chi connectivity index (χ1n) is 6.25. The van der Waals surface area contributed by atoms with Crippen LogP contribution in [0.4, 0.5) is 0 Å². The smallest absolute Gasteiger partial charge is 0.138 e. The van der Waals surface area contributed by atoms with Gasteiger partial charge in [0, 0.05) is 22.7 Å². The van der Waals surface area contributed by atoms with Crippen molar-refractivity contribution in [2.45, 2.75) is 55.9 Å². The van der Waals surface area contributed by atoms with Crippen molar-refractivity contribution in [3.8, 4) is 0 Å². The van der Waals surface area contributed by atoms with E-state index >= 15 is 0 Å². The second-order valence-electron chi connectivity index (χ2n) is 4.66. The van der Waals surface area contributed by atoms with Crippen LogP contribution in [0.2, 0.25) is 0 Å². The van der Waals surface area contributed by atoms with Gasteiger partial charge in [-0.3, -0.25) is 0 Å². The number of rotatable bonds is 4. The molecule has 0 radical (unpaired) electrons. The molecule has 4 heteroatoms. The van der Waals surface area contributed by atoms with Crippen LogP contribution < -0.4 is 0 Å². The molecule has 1 saturated carbocycles. The van der Waals surface area contributed by atoms with E-state index in [1.807, 2.05) is 31.8 Å². The fourth-order valence-corrected chi connectivity index (χ4v) is 3.64. The zero-order valence-electron chi connectivity index (χ0n) is 10.4. The highest BCUT2D eigenvalue weighted by Crippen LogP contribution is 2.31. The minimum absolute atomic E-state index is 0.00784. The van der Waals surface area contributed by atoms with Crippen molar-refractivity contribution in [1.29, 1.82) is 0 Å². The average molecular weight is 271 g/mol. The van der Waals surface area contributed by atoms with Gasteiger partial charge in [0.05, 0.1) is 11.1 Å². The Hall–Kier alpha value is -0.280. The predicted molar refractivity (Wildman–Crippen MR) is 74.6 cm³/mol. The Balaban J connectivity index is 1.94. The summed E-state index contributed by atoms with van der Waals surface area (Å²) in [6.45, 7) is 3.97. The molecule has 1 aliphatic carbocycles. The highest BCUT2D eigenvalue weighted by molar-refractivity contribution is 7.99. The number of hydrogen-bond acceptors (Lipinski definition) is 3. The molecule has 17 heavy (non-hydrogen) atoms. The molecule has 1 heterocycles. The fraction of sp³-hybridized carbons (Fsp3) is 0.692. The molecule has 1 aromatic heterocycles. The lowest BCUT2D eigenvalue weighted by Gasteiger charge is -2.10. The summed E-state index contributed by atoms with van der Waals surface area (Å²) in [5, 5.41) is 0.817. The SMILES string of the molecule is Cc1nc(CSC2CCCC2)ncc1C(C)Cl. The molecule has 0 aliphatic heterocycles. The minimum atomic E-state index is -0.00784. The monoisotopic (exact) mass is 270 g/mol. The van der Waals surface area contributed by atoms with Crippen LogP contribution in [-0.2, 0) is 5.75 Å². The van der Waals surface area contributed by atoms with Gasteiger partial charge >= 0.3 is 0 Å². The molecule has 94 valence electrons. The lowest BCUT2D eigenvalue weighted by Crippen LogP contribution is -2.02. The van der Waals surface area contributed by atoms with E-state index in [-0.39, 0.29) is 5.38 Å². The first-order chi connectivity index (χ1) is 8.16. The van der Waals surface area contributed by atoms with E-state index in [1.54, 1.807) is 0 Å². The molecule has 0 amide bonds. The summed E-state index contributed by atoms with van der Waals surface area (Å²) in [6.07, 6.45) is 7.38. The number of halogens is 1. The Labute approximate surface area is 113 Å². The van der Waals surface area contributed by atoms with Gasteiger partial charge in [0.15, 0.2) is 0 Å². The molecule has 1 atom stereocenters. The quantitative estimate of drug-likeness (QED) is 0.765. The summed E-state index contributed by atoms with van der Waals surface area (Å²) < 4.78 is 0. The molecule has 0 aromatic carbocycles. The lowest BCUT2D eigenvalue weighted by molar-refractivity contribution is 0.886. The van der Waals surface area contributed by atoms with Gasteiger partial charge in [0.1, 0.15) is 5.82 Å². The highest BCUT2D eigenvalue weighted by Gasteiger charge is 2.16. The maximum atomic E-state index is 6.06. The van der Waals surface area contributed by atoms with E-state index in [4.69, 9.17) is 11.6 Å². The molecule has 0 N–H and O–H groups in total. The zero-order valence-corrected chi connectivity index (χ0v) is 12.0. The number of alkyl halides is 1. The standard InChI is InChI=1S/C13H19ClN2S/c1-9(14)12-7-15-13(16-10(12)2)8-17-11-5-3-4-6-11/h7,9,11H,3-6,8H2,1-2H3. The fourth-order valence-electron chi connectivity index (χ4n) is 2.23. The number of aromatic nitrogens is 2. The van der Waals surface area contributed by atoms with Crippen molar-refractivity contribution in [2.24, 2.45) is 0 Å². The van der Waals surface area contributed by atoms with Crippen molar-refractivity contribution < 1.29 is 0 Å². The van der Waals surface area contributed by atoms with Crippen molar-refractivity contribution in [1.82, 2.24) is 9.97 Å². The molecular formula is C13H19ClN2S. The van der Waals surface area contributed by atoms with E-state index in [1.165, 1.54) is 25.7 Å². The van der Waals surface area contributed by atoms with E-state index < -0.39 is 0 Å². The zero-order chi connectivity index (χ0) is 12.3. The van der Waals surface area contributed by atoms with Gasteiger partial charge in [-0.2, -0.15) is 11.8 Å². The van der Waals surface area contributed by atoms with Crippen molar-refractivity contribution in [3.63, 3.8) is 0 Å². The third kappa shape index (κ3) is 3.59. The summed E-state index contributed by atoms with van der Waals surface area (Å²) in [4.78, 5) is 8.94. The van der Waals surface area contributed by atoms with E-state index in [9.17, 15) is 0 Å². The molecule has 0 saturated heterocycles. The maximum Gasteiger partial charge on any atom is 0.138 e. The molecule has 0 bridgehead atoms. The van der Waals surface area contributed by atoms with Crippen LogP contribution >= 0.6 is 23.4 Å². The Morgan fingerprint density at radius 3 is 2.76 bits per heavy atom. The number of nitrogens with zero attached hydrogens (tertiary/aromatic N) is 2. The first kappa shape index (κ1) is 13.2.